The summed E-state index contributed by atoms with van der Waals surface area (Å²) in [6.45, 7) is 0.678. The van der Waals surface area contributed by atoms with Crippen LogP contribution in [0.4, 0.5) is 5.95 Å². The molecule has 0 unspecified atom stereocenters. The van der Waals surface area contributed by atoms with E-state index in [1.54, 1.807) is 7.11 Å². The zero-order valence-electron chi connectivity index (χ0n) is 13.8. The summed E-state index contributed by atoms with van der Waals surface area (Å²) in [7, 11) is 1.73. The van der Waals surface area contributed by atoms with E-state index in [9.17, 15) is 5.11 Å². The molecule has 24 heavy (non-hydrogen) atoms. The molecular formula is C17H23BrN4O2. The van der Waals surface area contributed by atoms with Gasteiger partial charge in [0.1, 0.15) is 0 Å². The maximum atomic E-state index is 9.76. The van der Waals surface area contributed by atoms with Crippen molar-refractivity contribution in [2.24, 2.45) is 0 Å². The molecule has 0 atom stereocenters. The fourth-order valence-corrected chi connectivity index (χ4v) is 4.17. The molecule has 2 fully saturated rings. The van der Waals surface area contributed by atoms with Gasteiger partial charge in [0.25, 0.3) is 0 Å². The number of fused-ring (bicyclic) bond motifs is 1. The highest BCUT2D eigenvalue weighted by Crippen LogP contribution is 2.39. The lowest BCUT2D eigenvalue weighted by Gasteiger charge is -2.25. The van der Waals surface area contributed by atoms with Crippen molar-refractivity contribution in [2.75, 3.05) is 19.0 Å². The molecule has 2 aliphatic carbocycles. The Kier molecular flexibility index (Phi) is 4.26. The predicted octanol–water partition coefficient (Wildman–Crippen LogP) is 3.10. The molecule has 0 spiro atoms. The minimum atomic E-state index is -0.147. The van der Waals surface area contributed by atoms with Crippen LogP contribution in [0.2, 0.25) is 0 Å². The van der Waals surface area contributed by atoms with E-state index >= 15 is 0 Å². The lowest BCUT2D eigenvalue weighted by atomic mass is 9.85. The summed E-state index contributed by atoms with van der Waals surface area (Å²) in [4.78, 5) is 4.48. The second kappa shape index (κ2) is 6.28. The number of anilines is 1. The summed E-state index contributed by atoms with van der Waals surface area (Å²) in [6, 6.07) is 2.15. The fraction of sp³-hybridized carbons (Fsp3) is 0.647. The number of aliphatic hydroxyl groups is 1. The number of hydrogen-bond donors (Lipinski definition) is 2. The third kappa shape index (κ3) is 3.05. The third-order valence-electron chi connectivity index (χ3n) is 5.26. The average molecular weight is 395 g/mol. The molecule has 4 rings (SSSR count). The molecule has 0 bridgehead atoms. The van der Waals surface area contributed by atoms with E-state index in [1.807, 2.05) is 10.7 Å². The maximum Gasteiger partial charge on any atom is 0.241 e. The number of halogens is 1. The average Bonchev–Trinajstić information content (AvgIpc) is 3.24. The van der Waals surface area contributed by atoms with Gasteiger partial charge >= 0.3 is 0 Å². The first-order valence-corrected chi connectivity index (χ1v) is 9.39. The molecule has 2 aromatic rings. The topological polar surface area (TPSA) is 71.7 Å². The summed E-state index contributed by atoms with van der Waals surface area (Å²) in [5.41, 5.74) is 2.19. The highest BCUT2D eigenvalue weighted by molar-refractivity contribution is 9.10. The van der Waals surface area contributed by atoms with Crippen molar-refractivity contribution in [1.82, 2.24) is 14.6 Å². The molecule has 0 aliphatic heterocycles. The van der Waals surface area contributed by atoms with Crippen molar-refractivity contribution in [3.05, 3.63) is 22.4 Å². The third-order valence-corrected chi connectivity index (χ3v) is 5.90. The lowest BCUT2D eigenvalue weighted by molar-refractivity contribution is 0.121. The molecular weight excluding hydrogens is 372 g/mol. The number of methoxy groups -OCH3 is 1. The van der Waals surface area contributed by atoms with Crippen LogP contribution in [0.3, 0.4) is 0 Å². The van der Waals surface area contributed by atoms with Crippen LogP contribution in [-0.4, -0.2) is 45.1 Å². The summed E-state index contributed by atoms with van der Waals surface area (Å²) >= 11 is 3.63. The van der Waals surface area contributed by atoms with Crippen molar-refractivity contribution < 1.29 is 9.84 Å². The minimum absolute atomic E-state index is 0.00191. The van der Waals surface area contributed by atoms with Crippen LogP contribution in [0.15, 0.2) is 16.7 Å². The van der Waals surface area contributed by atoms with E-state index in [-0.39, 0.29) is 11.6 Å². The Hall–Kier alpha value is -1.18. The van der Waals surface area contributed by atoms with Crippen LogP contribution in [0.1, 0.15) is 50.1 Å². The predicted molar refractivity (Wildman–Crippen MR) is 95.4 cm³/mol. The minimum Gasteiger partial charge on any atom is -0.393 e. The Bertz CT molecular complexity index is 736. The molecule has 130 valence electrons. The molecule has 2 aromatic heterocycles. The summed E-state index contributed by atoms with van der Waals surface area (Å²) in [5.74, 6) is 1.08. The van der Waals surface area contributed by atoms with Crippen molar-refractivity contribution >= 4 is 27.4 Å². The highest BCUT2D eigenvalue weighted by atomic mass is 79.9. The molecule has 2 heterocycles. The second-order valence-electron chi connectivity index (χ2n) is 7.14. The number of nitrogens with zero attached hydrogens (tertiary/aromatic N) is 3. The Labute approximate surface area is 149 Å². The fourth-order valence-electron chi connectivity index (χ4n) is 3.67. The van der Waals surface area contributed by atoms with Gasteiger partial charge in [-0.2, -0.15) is 0 Å². The summed E-state index contributed by atoms with van der Waals surface area (Å²) in [5, 5.41) is 17.9. The molecule has 0 radical (unpaired) electrons. The lowest BCUT2D eigenvalue weighted by Crippen LogP contribution is -2.28. The molecule has 2 aliphatic rings. The van der Waals surface area contributed by atoms with Gasteiger partial charge in [0.2, 0.25) is 5.95 Å². The van der Waals surface area contributed by atoms with Gasteiger partial charge in [0.15, 0.2) is 0 Å². The van der Waals surface area contributed by atoms with Crippen molar-refractivity contribution in [2.45, 2.75) is 56.1 Å². The first-order chi connectivity index (χ1) is 11.6. The number of aromatic nitrogens is 3. The standard InChI is InChI=1S/C17H23BrN4O2/c1-24-10-17(6-7-17)20-16-19-9-15-13(18)8-14(22(15)21-16)11-2-4-12(23)5-3-11/h8-9,11-12,23H,2-7,10H2,1H3,(H,20,21)/t11-,12-. The Morgan fingerprint density at radius 1 is 1.38 bits per heavy atom. The molecule has 7 heteroatoms. The molecule has 2 saturated carbocycles. The smallest absolute Gasteiger partial charge is 0.241 e. The van der Waals surface area contributed by atoms with Gasteiger partial charge in [0, 0.05) is 23.2 Å². The summed E-state index contributed by atoms with van der Waals surface area (Å²) < 4.78 is 8.33. The van der Waals surface area contributed by atoms with Gasteiger partial charge in [-0.1, -0.05) is 0 Å². The number of nitrogens with one attached hydrogen (secondary N) is 1. The van der Waals surface area contributed by atoms with Crippen LogP contribution in [0.5, 0.6) is 0 Å². The highest BCUT2D eigenvalue weighted by Gasteiger charge is 2.43. The normalized spacial score (nSPS) is 25.8. The van der Waals surface area contributed by atoms with Crippen molar-refractivity contribution in [3.63, 3.8) is 0 Å². The number of ether oxygens (including phenoxy) is 1. The molecule has 2 N–H and O–H groups in total. The largest absolute Gasteiger partial charge is 0.393 e. The molecule has 0 aromatic carbocycles. The maximum absolute atomic E-state index is 9.76. The van der Waals surface area contributed by atoms with E-state index in [4.69, 9.17) is 9.84 Å². The molecule has 0 amide bonds. The first-order valence-electron chi connectivity index (χ1n) is 8.60. The SMILES string of the molecule is COCC1(Nc2ncc3c(Br)cc([C@H]4CC[C@H](O)CC4)n3n2)CC1. The van der Waals surface area contributed by atoms with E-state index < -0.39 is 0 Å². The van der Waals surface area contributed by atoms with Crippen LogP contribution < -0.4 is 5.32 Å². The zero-order valence-corrected chi connectivity index (χ0v) is 15.4. The Morgan fingerprint density at radius 3 is 2.79 bits per heavy atom. The van der Waals surface area contributed by atoms with Gasteiger partial charge in [-0.15, -0.1) is 5.10 Å². The summed E-state index contributed by atoms with van der Waals surface area (Å²) in [6.07, 6.45) is 7.62. The van der Waals surface area contributed by atoms with Gasteiger partial charge < -0.3 is 15.2 Å². The van der Waals surface area contributed by atoms with E-state index in [2.05, 4.69) is 32.3 Å². The van der Waals surface area contributed by atoms with Crippen LogP contribution in [0.25, 0.3) is 5.52 Å². The number of rotatable bonds is 5. The van der Waals surface area contributed by atoms with Crippen LogP contribution >= 0.6 is 15.9 Å². The van der Waals surface area contributed by atoms with Crippen molar-refractivity contribution in [3.8, 4) is 0 Å². The van der Waals surface area contributed by atoms with Gasteiger partial charge in [0.05, 0.1) is 30.0 Å². The van der Waals surface area contributed by atoms with Gasteiger partial charge in [-0.3, -0.25) is 0 Å². The van der Waals surface area contributed by atoms with E-state index in [0.29, 0.717) is 18.5 Å². The quantitative estimate of drug-likeness (QED) is 0.814. The Morgan fingerprint density at radius 2 is 2.12 bits per heavy atom. The Balaban J connectivity index is 1.64. The van der Waals surface area contributed by atoms with Crippen LogP contribution in [-0.2, 0) is 4.74 Å². The van der Waals surface area contributed by atoms with E-state index in [1.165, 1.54) is 5.69 Å². The monoisotopic (exact) mass is 394 g/mol. The van der Waals surface area contributed by atoms with Gasteiger partial charge in [-0.25, -0.2) is 9.50 Å². The van der Waals surface area contributed by atoms with E-state index in [0.717, 1.165) is 48.5 Å². The molecule has 6 nitrogen and oxygen atoms in total. The second-order valence-corrected chi connectivity index (χ2v) is 7.99. The number of hydrogen-bond acceptors (Lipinski definition) is 5. The molecule has 0 saturated heterocycles. The van der Waals surface area contributed by atoms with Crippen molar-refractivity contribution in [1.29, 1.82) is 0 Å². The zero-order chi connectivity index (χ0) is 16.7. The van der Waals surface area contributed by atoms with Gasteiger partial charge in [-0.05, 0) is 60.5 Å². The van der Waals surface area contributed by atoms with Crippen LogP contribution in [0, 0.1) is 0 Å². The number of aliphatic hydroxyl groups excluding tert-OH is 1. The first kappa shape index (κ1) is 16.3.